The lowest BCUT2D eigenvalue weighted by molar-refractivity contribution is -0.137. The predicted molar refractivity (Wildman–Crippen MR) is 80.0 cm³/mol. The molecule has 0 bridgehead atoms. The van der Waals surface area contributed by atoms with Crippen LogP contribution in [0.2, 0.25) is 15.1 Å². The van der Waals surface area contributed by atoms with Gasteiger partial charge in [0.15, 0.2) is 0 Å². The van der Waals surface area contributed by atoms with E-state index in [1.807, 2.05) is 0 Å². The van der Waals surface area contributed by atoms with Crippen molar-refractivity contribution < 1.29 is 14.7 Å². The van der Waals surface area contributed by atoms with E-state index in [4.69, 9.17) is 39.9 Å². The van der Waals surface area contributed by atoms with Crippen LogP contribution in [0.5, 0.6) is 0 Å². The first-order chi connectivity index (χ1) is 9.33. The fourth-order valence-corrected chi connectivity index (χ4v) is 2.06. The van der Waals surface area contributed by atoms with Gasteiger partial charge in [-0.25, -0.2) is 4.79 Å². The molecule has 0 heterocycles. The second-order valence-electron chi connectivity index (χ2n) is 4.05. The molecule has 20 heavy (non-hydrogen) atoms. The summed E-state index contributed by atoms with van der Waals surface area (Å²) < 4.78 is 0. The van der Waals surface area contributed by atoms with Crippen LogP contribution in [0.15, 0.2) is 12.1 Å². The maximum absolute atomic E-state index is 11.8. The number of amides is 2. The quantitative estimate of drug-likeness (QED) is 0.709. The highest BCUT2D eigenvalue weighted by atomic mass is 35.5. The SMILES string of the molecule is CCC(CC(=O)O)NC(=O)Nc1cc(Cl)c(Cl)cc1Cl. The van der Waals surface area contributed by atoms with Crippen molar-refractivity contribution in [1.29, 1.82) is 0 Å². The Morgan fingerprint density at radius 1 is 1.20 bits per heavy atom. The Morgan fingerprint density at radius 3 is 2.35 bits per heavy atom. The number of carboxylic acid groups (broad SMARTS) is 1. The summed E-state index contributed by atoms with van der Waals surface area (Å²) in [5.74, 6) is -0.982. The van der Waals surface area contributed by atoms with Gasteiger partial charge in [0, 0.05) is 6.04 Å². The molecule has 5 nitrogen and oxygen atoms in total. The summed E-state index contributed by atoms with van der Waals surface area (Å²) >= 11 is 17.5. The number of hydrogen-bond acceptors (Lipinski definition) is 2. The molecule has 0 spiro atoms. The van der Waals surface area contributed by atoms with E-state index >= 15 is 0 Å². The van der Waals surface area contributed by atoms with Crippen molar-refractivity contribution in [3.05, 3.63) is 27.2 Å². The normalized spacial score (nSPS) is 11.8. The number of hydrogen-bond donors (Lipinski definition) is 3. The number of nitrogens with one attached hydrogen (secondary N) is 2. The highest BCUT2D eigenvalue weighted by molar-refractivity contribution is 6.44. The van der Waals surface area contributed by atoms with Gasteiger partial charge in [-0.3, -0.25) is 4.79 Å². The number of rotatable bonds is 5. The van der Waals surface area contributed by atoms with Gasteiger partial charge in [0.05, 0.1) is 27.2 Å². The van der Waals surface area contributed by atoms with Crippen molar-refractivity contribution in [2.45, 2.75) is 25.8 Å². The second kappa shape index (κ2) is 7.57. The molecule has 0 aromatic heterocycles. The maximum Gasteiger partial charge on any atom is 0.319 e. The fourth-order valence-electron chi connectivity index (χ4n) is 1.47. The molecular formula is C12H13Cl3N2O3. The lowest BCUT2D eigenvalue weighted by Crippen LogP contribution is -2.38. The van der Waals surface area contributed by atoms with E-state index in [2.05, 4.69) is 10.6 Å². The predicted octanol–water partition coefficient (Wildman–Crippen LogP) is 4.02. The number of benzene rings is 1. The number of carboxylic acids is 1. The third kappa shape index (κ3) is 5.07. The van der Waals surface area contributed by atoms with Crippen LogP contribution >= 0.6 is 34.8 Å². The molecule has 0 fully saturated rings. The van der Waals surface area contributed by atoms with E-state index in [9.17, 15) is 9.59 Å². The Labute approximate surface area is 131 Å². The monoisotopic (exact) mass is 338 g/mol. The zero-order chi connectivity index (χ0) is 15.3. The van der Waals surface area contributed by atoms with Crippen molar-refractivity contribution in [2.24, 2.45) is 0 Å². The standard InChI is InChI=1S/C12H13Cl3N2O3/c1-2-6(3-11(18)19)16-12(20)17-10-5-8(14)7(13)4-9(10)15/h4-6H,2-3H2,1H3,(H,18,19)(H2,16,17,20). The van der Waals surface area contributed by atoms with Gasteiger partial charge < -0.3 is 15.7 Å². The zero-order valence-electron chi connectivity index (χ0n) is 10.5. The maximum atomic E-state index is 11.8. The molecule has 0 aliphatic heterocycles. The van der Waals surface area contributed by atoms with Crippen molar-refractivity contribution >= 4 is 52.5 Å². The van der Waals surface area contributed by atoms with Crippen LogP contribution in [0.4, 0.5) is 10.5 Å². The molecule has 0 saturated heterocycles. The first-order valence-corrected chi connectivity index (χ1v) is 6.90. The Kier molecular flexibility index (Phi) is 6.39. The molecule has 1 atom stereocenters. The van der Waals surface area contributed by atoms with E-state index in [1.54, 1.807) is 6.92 Å². The van der Waals surface area contributed by atoms with Crippen LogP contribution < -0.4 is 10.6 Å². The minimum Gasteiger partial charge on any atom is -0.481 e. The lowest BCUT2D eigenvalue weighted by Gasteiger charge is -2.16. The average Bonchev–Trinajstić information content (AvgIpc) is 2.34. The molecule has 0 aliphatic rings. The number of anilines is 1. The molecule has 3 N–H and O–H groups in total. The lowest BCUT2D eigenvalue weighted by atomic mass is 10.1. The van der Waals surface area contributed by atoms with Crippen LogP contribution in [-0.2, 0) is 4.79 Å². The van der Waals surface area contributed by atoms with E-state index < -0.39 is 18.0 Å². The van der Waals surface area contributed by atoms with Gasteiger partial charge in [0.25, 0.3) is 0 Å². The van der Waals surface area contributed by atoms with Crippen LogP contribution in [0.1, 0.15) is 19.8 Å². The highest BCUT2D eigenvalue weighted by Gasteiger charge is 2.15. The third-order valence-electron chi connectivity index (χ3n) is 2.51. The number of carbonyl (C=O) groups is 2. The van der Waals surface area contributed by atoms with Crippen molar-refractivity contribution in [3.63, 3.8) is 0 Å². The molecule has 1 aromatic rings. The van der Waals surface area contributed by atoms with Gasteiger partial charge in [-0.05, 0) is 18.6 Å². The summed E-state index contributed by atoms with van der Waals surface area (Å²) in [6.45, 7) is 1.78. The average molecular weight is 340 g/mol. The Morgan fingerprint density at radius 2 is 1.80 bits per heavy atom. The molecular weight excluding hydrogens is 327 g/mol. The van der Waals surface area contributed by atoms with Gasteiger partial charge in [0.1, 0.15) is 0 Å². The van der Waals surface area contributed by atoms with Gasteiger partial charge in [-0.2, -0.15) is 0 Å². The van der Waals surface area contributed by atoms with Crippen LogP contribution in [0.25, 0.3) is 0 Å². The summed E-state index contributed by atoms with van der Waals surface area (Å²) in [7, 11) is 0. The molecule has 2 amide bonds. The molecule has 1 unspecified atom stereocenters. The van der Waals surface area contributed by atoms with Gasteiger partial charge >= 0.3 is 12.0 Å². The summed E-state index contributed by atoms with van der Waals surface area (Å²) in [5, 5.41) is 14.5. The topological polar surface area (TPSA) is 78.4 Å². The zero-order valence-corrected chi connectivity index (χ0v) is 12.8. The number of urea groups is 1. The third-order valence-corrected chi connectivity index (χ3v) is 3.54. The van der Waals surface area contributed by atoms with E-state index in [0.29, 0.717) is 12.1 Å². The largest absolute Gasteiger partial charge is 0.481 e. The van der Waals surface area contributed by atoms with Crippen molar-refractivity contribution in [2.75, 3.05) is 5.32 Å². The first kappa shape index (κ1) is 16.9. The minimum absolute atomic E-state index is 0.154. The molecule has 0 aliphatic carbocycles. The Bertz CT molecular complexity index is 523. The molecule has 1 rings (SSSR count). The Balaban J connectivity index is 2.71. The summed E-state index contributed by atoms with van der Waals surface area (Å²) in [6, 6.07) is 1.81. The van der Waals surface area contributed by atoms with Crippen LogP contribution in [0.3, 0.4) is 0 Å². The number of aliphatic carboxylic acids is 1. The molecule has 8 heteroatoms. The second-order valence-corrected chi connectivity index (χ2v) is 5.27. The fraction of sp³-hybridized carbons (Fsp3) is 0.333. The first-order valence-electron chi connectivity index (χ1n) is 5.77. The van der Waals surface area contributed by atoms with Gasteiger partial charge in [-0.1, -0.05) is 41.7 Å². The van der Waals surface area contributed by atoms with Gasteiger partial charge in [0.2, 0.25) is 0 Å². The van der Waals surface area contributed by atoms with Crippen molar-refractivity contribution in [1.82, 2.24) is 5.32 Å². The minimum atomic E-state index is -0.982. The number of halogens is 3. The van der Waals surface area contributed by atoms with E-state index in [-0.39, 0.29) is 21.5 Å². The Hall–Kier alpha value is -1.17. The van der Waals surface area contributed by atoms with E-state index in [0.717, 1.165) is 0 Å². The van der Waals surface area contributed by atoms with Crippen LogP contribution in [0, 0.1) is 0 Å². The van der Waals surface area contributed by atoms with Crippen molar-refractivity contribution in [3.8, 4) is 0 Å². The smallest absolute Gasteiger partial charge is 0.319 e. The summed E-state index contributed by atoms with van der Waals surface area (Å²) in [5.41, 5.74) is 0.295. The molecule has 0 radical (unpaired) electrons. The highest BCUT2D eigenvalue weighted by Crippen LogP contribution is 2.32. The summed E-state index contributed by atoms with van der Waals surface area (Å²) in [6.07, 6.45) is 0.341. The van der Waals surface area contributed by atoms with Gasteiger partial charge in [-0.15, -0.1) is 0 Å². The molecule has 110 valence electrons. The van der Waals surface area contributed by atoms with E-state index in [1.165, 1.54) is 12.1 Å². The molecule has 0 saturated carbocycles. The number of carbonyl (C=O) groups excluding carboxylic acids is 1. The molecule has 1 aromatic carbocycles. The summed E-state index contributed by atoms with van der Waals surface area (Å²) in [4.78, 5) is 22.4. The van der Waals surface area contributed by atoms with Crippen LogP contribution in [-0.4, -0.2) is 23.1 Å².